The van der Waals surface area contributed by atoms with Crippen LogP contribution in [0.5, 0.6) is 0 Å². The minimum Gasteiger partial charge on any atom is -0.480 e. The third-order valence-corrected chi connectivity index (χ3v) is 3.07. The number of carboxylic acids is 1. The van der Waals surface area contributed by atoms with Crippen LogP contribution in [0.3, 0.4) is 0 Å². The fourth-order valence-electron chi connectivity index (χ4n) is 1.74. The second-order valence-corrected chi connectivity index (χ2v) is 4.70. The summed E-state index contributed by atoms with van der Waals surface area (Å²) in [6, 6.07) is -0.874. The molecule has 0 radical (unpaired) electrons. The topological polar surface area (TPSA) is 145 Å². The Hall–Kier alpha value is -3.24. The Morgan fingerprint density at radius 1 is 1.39 bits per heavy atom. The molecule has 2 aromatic rings. The molecule has 0 aliphatic heterocycles. The second-order valence-electron chi connectivity index (χ2n) is 4.70. The van der Waals surface area contributed by atoms with Gasteiger partial charge in [0.05, 0.1) is 23.2 Å². The van der Waals surface area contributed by atoms with Gasteiger partial charge in [0.2, 0.25) is 0 Å². The van der Waals surface area contributed by atoms with Crippen LogP contribution < -0.4 is 5.32 Å². The van der Waals surface area contributed by atoms with E-state index in [2.05, 4.69) is 15.5 Å². The number of carboxylic acid groups (broad SMARTS) is 1. The van der Waals surface area contributed by atoms with Gasteiger partial charge < -0.3 is 10.4 Å². The predicted octanol–water partition coefficient (Wildman–Crippen LogP) is 0.0634. The van der Waals surface area contributed by atoms with E-state index in [4.69, 9.17) is 5.11 Å². The van der Waals surface area contributed by atoms with E-state index >= 15 is 0 Å². The Morgan fingerprint density at radius 2 is 2.13 bits per heavy atom. The average Bonchev–Trinajstić information content (AvgIpc) is 3.15. The molecule has 11 heteroatoms. The van der Waals surface area contributed by atoms with E-state index in [1.807, 2.05) is 0 Å². The summed E-state index contributed by atoms with van der Waals surface area (Å²) in [6.07, 6.45) is 5.00. The number of nitrogens with one attached hydrogen (secondary N) is 1. The van der Waals surface area contributed by atoms with Gasteiger partial charge in [-0.1, -0.05) is 0 Å². The zero-order chi connectivity index (χ0) is 17.0. The highest BCUT2D eigenvalue weighted by atomic mass is 16.6. The molecule has 1 amide bonds. The van der Waals surface area contributed by atoms with Gasteiger partial charge >= 0.3 is 11.7 Å². The van der Waals surface area contributed by atoms with Gasteiger partial charge in [0.1, 0.15) is 18.4 Å². The van der Waals surface area contributed by atoms with E-state index in [1.165, 1.54) is 34.9 Å². The molecule has 23 heavy (non-hydrogen) atoms. The van der Waals surface area contributed by atoms with Crippen LogP contribution in [0.4, 0.5) is 5.69 Å². The number of rotatable bonds is 7. The largest absolute Gasteiger partial charge is 0.480 e. The van der Waals surface area contributed by atoms with Crippen molar-refractivity contribution in [2.75, 3.05) is 6.54 Å². The fourth-order valence-corrected chi connectivity index (χ4v) is 1.74. The van der Waals surface area contributed by atoms with Crippen LogP contribution in [0.2, 0.25) is 0 Å². The monoisotopic (exact) mass is 322 g/mol. The van der Waals surface area contributed by atoms with Crippen molar-refractivity contribution in [3.8, 4) is 0 Å². The molecular formula is C12H14N6O5. The quantitative estimate of drug-likeness (QED) is 0.541. The van der Waals surface area contributed by atoms with Crippen LogP contribution >= 0.6 is 0 Å². The maximum Gasteiger partial charge on any atom is 0.328 e. The molecule has 0 saturated heterocycles. The molecule has 2 aromatic heterocycles. The lowest BCUT2D eigenvalue weighted by Gasteiger charge is -2.05. The number of aliphatic carboxylic acids is 1. The molecule has 0 aromatic carbocycles. The third kappa shape index (κ3) is 3.90. The maximum atomic E-state index is 11.9. The van der Waals surface area contributed by atoms with E-state index in [0.717, 1.165) is 6.20 Å². The van der Waals surface area contributed by atoms with Crippen molar-refractivity contribution in [1.82, 2.24) is 24.9 Å². The Bertz CT molecular complexity index is 736. The zero-order valence-corrected chi connectivity index (χ0v) is 12.1. The minimum atomic E-state index is -1.06. The highest BCUT2D eigenvalue weighted by molar-refractivity contribution is 5.93. The van der Waals surface area contributed by atoms with Gasteiger partial charge in [-0.05, 0) is 6.92 Å². The number of carbonyl (C=O) groups is 2. The van der Waals surface area contributed by atoms with Crippen molar-refractivity contribution in [3.05, 3.63) is 40.5 Å². The molecule has 1 unspecified atom stereocenters. The summed E-state index contributed by atoms with van der Waals surface area (Å²) in [7, 11) is 0. The SMILES string of the molecule is CC(C(=O)O)n1cc(C(=O)NCCn2cc([N+](=O)[O-])cn2)cn1. The van der Waals surface area contributed by atoms with E-state index in [-0.39, 0.29) is 24.3 Å². The Balaban J connectivity index is 1.87. The molecular weight excluding hydrogens is 308 g/mol. The van der Waals surface area contributed by atoms with Crippen LogP contribution in [0, 0.1) is 10.1 Å². The van der Waals surface area contributed by atoms with Crippen LogP contribution in [0.25, 0.3) is 0 Å². The van der Waals surface area contributed by atoms with Crippen LogP contribution in [0.1, 0.15) is 23.3 Å². The molecule has 122 valence electrons. The fraction of sp³-hybridized carbons (Fsp3) is 0.333. The number of carbonyl (C=O) groups excluding carboxylic acids is 1. The van der Waals surface area contributed by atoms with Gasteiger partial charge in [-0.3, -0.25) is 24.3 Å². The normalized spacial score (nSPS) is 11.9. The van der Waals surface area contributed by atoms with Crippen LogP contribution in [-0.4, -0.2) is 48.0 Å². The van der Waals surface area contributed by atoms with E-state index < -0.39 is 22.8 Å². The van der Waals surface area contributed by atoms with Gasteiger partial charge in [-0.15, -0.1) is 0 Å². The summed E-state index contributed by atoms with van der Waals surface area (Å²) in [5.74, 6) is -1.48. The van der Waals surface area contributed by atoms with Crippen molar-refractivity contribution in [3.63, 3.8) is 0 Å². The van der Waals surface area contributed by atoms with E-state index in [1.54, 1.807) is 0 Å². The van der Waals surface area contributed by atoms with Crippen molar-refractivity contribution in [2.24, 2.45) is 0 Å². The van der Waals surface area contributed by atoms with Crippen molar-refractivity contribution >= 4 is 17.6 Å². The van der Waals surface area contributed by atoms with Crippen molar-refractivity contribution < 1.29 is 19.6 Å². The summed E-state index contributed by atoms with van der Waals surface area (Å²) < 4.78 is 2.52. The first-order valence-corrected chi connectivity index (χ1v) is 6.60. The molecule has 2 rings (SSSR count). The lowest BCUT2D eigenvalue weighted by atomic mass is 10.3. The molecule has 11 nitrogen and oxygen atoms in total. The molecule has 0 fully saturated rings. The summed E-state index contributed by atoms with van der Waals surface area (Å²) in [6.45, 7) is 1.91. The molecule has 0 bridgehead atoms. The van der Waals surface area contributed by atoms with Crippen molar-refractivity contribution in [2.45, 2.75) is 19.5 Å². The first kappa shape index (κ1) is 16.1. The lowest BCUT2D eigenvalue weighted by Crippen LogP contribution is -2.27. The Labute approximate surface area is 129 Å². The van der Waals surface area contributed by atoms with E-state index in [9.17, 15) is 19.7 Å². The molecule has 1 atom stereocenters. The lowest BCUT2D eigenvalue weighted by molar-refractivity contribution is -0.385. The number of nitrogens with zero attached hydrogens (tertiary/aromatic N) is 5. The minimum absolute atomic E-state index is 0.125. The third-order valence-electron chi connectivity index (χ3n) is 3.07. The van der Waals surface area contributed by atoms with Crippen LogP contribution in [0.15, 0.2) is 24.8 Å². The van der Waals surface area contributed by atoms with Crippen molar-refractivity contribution in [1.29, 1.82) is 0 Å². The zero-order valence-electron chi connectivity index (χ0n) is 12.1. The highest BCUT2D eigenvalue weighted by Gasteiger charge is 2.16. The number of amides is 1. The Morgan fingerprint density at radius 3 is 2.74 bits per heavy atom. The van der Waals surface area contributed by atoms with Gasteiger partial charge in [-0.25, -0.2) is 4.79 Å². The smallest absolute Gasteiger partial charge is 0.328 e. The number of nitro groups is 1. The summed E-state index contributed by atoms with van der Waals surface area (Å²) in [4.78, 5) is 32.7. The first-order chi connectivity index (χ1) is 10.9. The predicted molar refractivity (Wildman–Crippen MR) is 75.8 cm³/mol. The molecule has 0 spiro atoms. The van der Waals surface area contributed by atoms with Crippen LogP contribution in [-0.2, 0) is 11.3 Å². The molecule has 0 saturated carbocycles. The highest BCUT2D eigenvalue weighted by Crippen LogP contribution is 2.08. The van der Waals surface area contributed by atoms with Gasteiger partial charge in [0, 0.05) is 12.7 Å². The first-order valence-electron chi connectivity index (χ1n) is 6.60. The molecule has 2 N–H and O–H groups in total. The second kappa shape index (κ2) is 6.68. The van der Waals surface area contributed by atoms with E-state index in [0.29, 0.717) is 0 Å². The average molecular weight is 322 g/mol. The summed E-state index contributed by atoms with van der Waals surface area (Å²) in [5.41, 5.74) is 0.102. The summed E-state index contributed by atoms with van der Waals surface area (Å²) >= 11 is 0. The summed E-state index contributed by atoms with van der Waals surface area (Å²) in [5, 5.41) is 29.6. The standard InChI is InChI=1S/C12H14N6O5/c1-8(12(20)21)17-6-9(4-15-17)11(19)13-2-3-16-7-10(5-14-16)18(22)23/h4-8H,2-3H2,1H3,(H,13,19)(H,20,21). The van der Waals surface area contributed by atoms with Gasteiger partial charge in [0.15, 0.2) is 0 Å². The molecule has 0 aliphatic rings. The number of aromatic nitrogens is 4. The maximum absolute atomic E-state index is 11.9. The molecule has 0 aliphatic carbocycles. The Kier molecular flexibility index (Phi) is 4.69. The molecule has 2 heterocycles. The number of hydrogen-bond acceptors (Lipinski definition) is 6. The van der Waals surface area contributed by atoms with Gasteiger partial charge in [-0.2, -0.15) is 10.2 Å². The number of hydrogen-bond donors (Lipinski definition) is 2. The van der Waals surface area contributed by atoms with Gasteiger partial charge in [0.25, 0.3) is 5.91 Å².